The van der Waals surface area contributed by atoms with Crippen LogP contribution in [-0.4, -0.2) is 47.0 Å². The van der Waals surface area contributed by atoms with Gasteiger partial charge in [-0.05, 0) is 38.5 Å². The number of pyridine rings is 1. The number of amides is 1. The Morgan fingerprint density at radius 2 is 2.21 bits per heavy atom. The fraction of sp³-hybridized carbons (Fsp3) is 0.400. The number of aromatic nitrogens is 3. The van der Waals surface area contributed by atoms with Crippen molar-refractivity contribution in [2.24, 2.45) is 0 Å². The van der Waals surface area contributed by atoms with Gasteiger partial charge in [-0.1, -0.05) is 0 Å². The quantitative estimate of drug-likeness (QED) is 0.698. The molecule has 1 atom stereocenters. The van der Waals surface area contributed by atoms with E-state index in [0.29, 0.717) is 18.3 Å². The summed E-state index contributed by atoms with van der Waals surface area (Å²) in [6.07, 6.45) is 2.73. The Morgan fingerprint density at radius 3 is 3.00 bits per heavy atom. The molecule has 1 amide bonds. The van der Waals surface area contributed by atoms with E-state index in [1.165, 1.54) is 0 Å². The fourth-order valence-electron chi connectivity index (χ4n) is 3.51. The van der Waals surface area contributed by atoms with E-state index in [1.54, 1.807) is 13.2 Å². The number of anilines is 1. The Bertz CT molecular complexity index is 982. The smallest absolute Gasteiger partial charge is 0.288 e. The first-order valence-corrected chi connectivity index (χ1v) is 9.44. The molecule has 8 nitrogen and oxygen atoms in total. The van der Waals surface area contributed by atoms with Crippen molar-refractivity contribution in [2.75, 3.05) is 25.0 Å². The lowest BCUT2D eigenvalue weighted by molar-refractivity contribution is 0.0952. The van der Waals surface area contributed by atoms with E-state index in [-0.39, 0.29) is 11.7 Å². The van der Waals surface area contributed by atoms with Gasteiger partial charge >= 0.3 is 0 Å². The predicted octanol–water partition coefficient (Wildman–Crippen LogP) is 1.96. The largest absolute Gasteiger partial charge is 0.441 e. The third kappa shape index (κ3) is 3.55. The van der Waals surface area contributed by atoms with Crippen molar-refractivity contribution in [3.8, 4) is 0 Å². The summed E-state index contributed by atoms with van der Waals surface area (Å²) < 4.78 is 5.78. The second kappa shape index (κ2) is 7.55. The predicted molar refractivity (Wildman–Crippen MR) is 106 cm³/mol. The summed E-state index contributed by atoms with van der Waals surface area (Å²) >= 11 is 0. The highest BCUT2D eigenvalue weighted by Crippen LogP contribution is 2.24. The molecule has 4 heterocycles. The van der Waals surface area contributed by atoms with E-state index in [1.807, 2.05) is 32.0 Å². The van der Waals surface area contributed by atoms with E-state index >= 15 is 0 Å². The standard InChI is InChI=1S/C20H24N6O2/c1-12-13(2)24-17(19(27)21-3)25-18(12)26-8-6-15(11-26)23-10-16-9-14-5-4-7-22-20(14)28-16/h4-5,7,9,15,23H,6,8,10-11H2,1-3H3,(H,21,27)/t15-/m1/s1. The summed E-state index contributed by atoms with van der Waals surface area (Å²) in [5.74, 6) is 1.66. The van der Waals surface area contributed by atoms with Gasteiger partial charge in [-0.3, -0.25) is 4.79 Å². The molecule has 1 aliphatic rings. The molecule has 0 aromatic carbocycles. The Morgan fingerprint density at radius 1 is 1.36 bits per heavy atom. The zero-order chi connectivity index (χ0) is 19.7. The first kappa shape index (κ1) is 18.4. The molecule has 0 spiro atoms. The zero-order valence-corrected chi connectivity index (χ0v) is 16.3. The van der Waals surface area contributed by atoms with Gasteiger partial charge in [0.15, 0.2) is 0 Å². The Kier molecular flexibility index (Phi) is 4.95. The molecule has 2 N–H and O–H groups in total. The van der Waals surface area contributed by atoms with Crippen LogP contribution in [0.4, 0.5) is 5.82 Å². The maximum Gasteiger partial charge on any atom is 0.288 e. The number of nitrogens with zero attached hydrogens (tertiary/aromatic N) is 4. The van der Waals surface area contributed by atoms with Gasteiger partial charge in [-0.25, -0.2) is 15.0 Å². The normalized spacial score (nSPS) is 16.7. The average molecular weight is 380 g/mol. The van der Waals surface area contributed by atoms with Crippen LogP contribution in [0.15, 0.2) is 28.8 Å². The van der Waals surface area contributed by atoms with Gasteiger partial charge in [-0.15, -0.1) is 0 Å². The second-order valence-corrected chi connectivity index (χ2v) is 7.08. The molecule has 4 rings (SSSR count). The molecule has 146 valence electrons. The topological polar surface area (TPSA) is 96.2 Å². The van der Waals surface area contributed by atoms with Gasteiger partial charge in [0, 0.05) is 49.0 Å². The van der Waals surface area contributed by atoms with Crippen molar-refractivity contribution in [2.45, 2.75) is 32.9 Å². The molecule has 0 saturated carbocycles. The van der Waals surface area contributed by atoms with Crippen molar-refractivity contribution in [1.29, 1.82) is 0 Å². The summed E-state index contributed by atoms with van der Waals surface area (Å²) in [7, 11) is 1.59. The summed E-state index contributed by atoms with van der Waals surface area (Å²) in [5, 5.41) is 7.16. The number of carbonyl (C=O) groups excluding carboxylic acids is 1. The van der Waals surface area contributed by atoms with E-state index < -0.39 is 0 Å². The minimum absolute atomic E-state index is 0.215. The lowest BCUT2D eigenvalue weighted by Gasteiger charge is -2.21. The van der Waals surface area contributed by atoms with Gasteiger partial charge in [0.25, 0.3) is 5.91 Å². The van der Waals surface area contributed by atoms with E-state index in [2.05, 4.69) is 30.5 Å². The van der Waals surface area contributed by atoms with Gasteiger partial charge in [0.05, 0.1) is 6.54 Å². The van der Waals surface area contributed by atoms with Gasteiger partial charge in [0.2, 0.25) is 11.5 Å². The minimum Gasteiger partial charge on any atom is -0.441 e. The van der Waals surface area contributed by atoms with Gasteiger partial charge in [-0.2, -0.15) is 0 Å². The number of hydrogen-bond donors (Lipinski definition) is 2. The molecular weight excluding hydrogens is 356 g/mol. The second-order valence-electron chi connectivity index (χ2n) is 7.08. The number of fused-ring (bicyclic) bond motifs is 1. The molecule has 28 heavy (non-hydrogen) atoms. The molecule has 3 aromatic heterocycles. The third-order valence-corrected chi connectivity index (χ3v) is 5.19. The fourth-order valence-corrected chi connectivity index (χ4v) is 3.51. The number of hydrogen-bond acceptors (Lipinski definition) is 7. The van der Waals surface area contributed by atoms with Crippen LogP contribution in [0.1, 0.15) is 34.1 Å². The van der Waals surface area contributed by atoms with Crippen molar-refractivity contribution < 1.29 is 9.21 Å². The van der Waals surface area contributed by atoms with E-state index in [9.17, 15) is 4.79 Å². The van der Waals surface area contributed by atoms with Crippen LogP contribution in [0.25, 0.3) is 11.1 Å². The number of aryl methyl sites for hydroxylation is 1. The first-order valence-electron chi connectivity index (χ1n) is 9.44. The van der Waals surface area contributed by atoms with Gasteiger partial charge < -0.3 is 20.0 Å². The van der Waals surface area contributed by atoms with Crippen molar-refractivity contribution in [3.05, 3.63) is 47.2 Å². The van der Waals surface area contributed by atoms with Crippen LogP contribution in [0.3, 0.4) is 0 Å². The molecule has 0 aliphatic carbocycles. The highest BCUT2D eigenvalue weighted by Gasteiger charge is 2.26. The summed E-state index contributed by atoms with van der Waals surface area (Å²) in [5.41, 5.74) is 2.51. The number of rotatable bonds is 5. The Balaban J connectivity index is 1.44. The first-order chi connectivity index (χ1) is 13.5. The summed E-state index contributed by atoms with van der Waals surface area (Å²) in [6, 6.07) is 6.24. The van der Waals surface area contributed by atoms with Crippen molar-refractivity contribution in [3.63, 3.8) is 0 Å². The average Bonchev–Trinajstić information content (AvgIpc) is 3.34. The number of nitrogens with one attached hydrogen (secondary N) is 2. The maximum absolute atomic E-state index is 12.0. The highest BCUT2D eigenvalue weighted by molar-refractivity contribution is 5.90. The van der Waals surface area contributed by atoms with Crippen LogP contribution in [-0.2, 0) is 6.54 Å². The van der Waals surface area contributed by atoms with Crippen LogP contribution < -0.4 is 15.5 Å². The minimum atomic E-state index is -0.267. The molecule has 0 unspecified atom stereocenters. The number of carbonyl (C=O) groups is 1. The lowest BCUT2D eigenvalue weighted by atomic mass is 10.2. The molecule has 1 saturated heterocycles. The van der Waals surface area contributed by atoms with Crippen LogP contribution in [0.2, 0.25) is 0 Å². The molecule has 1 fully saturated rings. The van der Waals surface area contributed by atoms with Gasteiger partial charge in [0.1, 0.15) is 11.6 Å². The molecule has 1 aliphatic heterocycles. The molecule has 3 aromatic rings. The lowest BCUT2D eigenvalue weighted by Crippen LogP contribution is -2.33. The van der Waals surface area contributed by atoms with Crippen LogP contribution in [0, 0.1) is 13.8 Å². The maximum atomic E-state index is 12.0. The van der Waals surface area contributed by atoms with Crippen LogP contribution >= 0.6 is 0 Å². The molecule has 0 bridgehead atoms. The number of furan rings is 1. The van der Waals surface area contributed by atoms with Crippen LogP contribution in [0.5, 0.6) is 0 Å². The van der Waals surface area contributed by atoms with E-state index in [0.717, 1.165) is 47.7 Å². The Labute approximate surface area is 163 Å². The summed E-state index contributed by atoms with van der Waals surface area (Å²) in [4.78, 5) is 27.2. The summed E-state index contributed by atoms with van der Waals surface area (Å²) in [6.45, 7) is 6.27. The molecule has 0 radical (unpaired) electrons. The highest BCUT2D eigenvalue weighted by atomic mass is 16.3. The van der Waals surface area contributed by atoms with E-state index in [4.69, 9.17) is 4.42 Å². The van der Waals surface area contributed by atoms with Crippen molar-refractivity contribution >= 4 is 22.8 Å². The molecular formula is C20H24N6O2. The molecule has 8 heteroatoms. The Hall–Kier alpha value is -3.00. The monoisotopic (exact) mass is 380 g/mol. The zero-order valence-electron chi connectivity index (χ0n) is 16.3. The third-order valence-electron chi connectivity index (χ3n) is 5.19. The SMILES string of the molecule is CNC(=O)c1nc(C)c(C)c(N2CC[C@@H](NCc3cc4cccnc4o3)C2)n1. The van der Waals surface area contributed by atoms with Crippen molar-refractivity contribution in [1.82, 2.24) is 25.6 Å².